The molecule has 0 aromatic heterocycles. The van der Waals surface area contributed by atoms with Crippen molar-refractivity contribution in [2.45, 2.75) is 31.4 Å². The van der Waals surface area contributed by atoms with Gasteiger partial charge in [0, 0.05) is 22.9 Å². The van der Waals surface area contributed by atoms with Crippen molar-refractivity contribution in [1.29, 1.82) is 0 Å². The third-order valence-corrected chi connectivity index (χ3v) is 6.50. The molecule has 1 atom stereocenters. The van der Waals surface area contributed by atoms with Gasteiger partial charge in [0.1, 0.15) is 0 Å². The fraction of sp³-hybridized carbons (Fsp3) is 0.500. The highest BCUT2D eigenvalue weighted by Gasteiger charge is 2.54. The Morgan fingerprint density at radius 1 is 1.43 bits per heavy atom. The lowest BCUT2D eigenvalue weighted by Crippen LogP contribution is -2.53. The summed E-state index contributed by atoms with van der Waals surface area (Å²) in [5.74, 6) is 1.87. The second-order valence-electron chi connectivity index (χ2n) is 6.49. The number of fused-ring (bicyclic) bond motifs is 1. The highest BCUT2D eigenvalue weighted by Crippen LogP contribution is 2.54. The summed E-state index contributed by atoms with van der Waals surface area (Å²) < 4.78 is 11.7. The number of methoxy groups -OCH3 is 1. The van der Waals surface area contributed by atoms with E-state index in [1.165, 1.54) is 19.2 Å². The van der Waals surface area contributed by atoms with Crippen molar-refractivity contribution in [3.05, 3.63) is 33.4 Å². The number of benzene rings is 1. The SMILES string of the molecule is COc1cc([N+](=O)[O-])cc2c1OC1(SCC(C)(C)N1C)C(C)=C2. The molecular weight excluding hydrogens is 316 g/mol. The summed E-state index contributed by atoms with van der Waals surface area (Å²) in [6.07, 6.45) is 1.96. The summed E-state index contributed by atoms with van der Waals surface area (Å²) >= 11 is 1.73. The molecule has 0 radical (unpaired) electrons. The first-order valence-corrected chi connectivity index (χ1v) is 8.32. The van der Waals surface area contributed by atoms with Gasteiger partial charge in [-0.3, -0.25) is 15.0 Å². The number of hydrogen-bond donors (Lipinski definition) is 0. The number of ether oxygens (including phenoxy) is 2. The van der Waals surface area contributed by atoms with Gasteiger partial charge in [0.2, 0.25) is 5.06 Å². The molecule has 23 heavy (non-hydrogen) atoms. The van der Waals surface area contributed by atoms with E-state index >= 15 is 0 Å². The van der Waals surface area contributed by atoms with E-state index < -0.39 is 9.98 Å². The van der Waals surface area contributed by atoms with Gasteiger partial charge in [-0.2, -0.15) is 0 Å². The maximum Gasteiger partial charge on any atom is 0.274 e. The lowest BCUT2D eigenvalue weighted by Gasteiger charge is -2.43. The Morgan fingerprint density at radius 3 is 2.65 bits per heavy atom. The molecule has 1 saturated heterocycles. The quantitative estimate of drug-likeness (QED) is 0.608. The largest absolute Gasteiger partial charge is 0.493 e. The normalized spacial score (nSPS) is 25.7. The Morgan fingerprint density at radius 2 is 2.13 bits per heavy atom. The van der Waals surface area contributed by atoms with Crippen molar-refractivity contribution in [2.24, 2.45) is 0 Å². The van der Waals surface area contributed by atoms with E-state index in [2.05, 4.69) is 18.7 Å². The van der Waals surface area contributed by atoms with Crippen molar-refractivity contribution in [3.8, 4) is 11.5 Å². The van der Waals surface area contributed by atoms with Crippen LogP contribution in [0.25, 0.3) is 6.08 Å². The van der Waals surface area contributed by atoms with Crippen LogP contribution in [0.3, 0.4) is 0 Å². The van der Waals surface area contributed by atoms with Crippen molar-refractivity contribution < 1.29 is 14.4 Å². The van der Waals surface area contributed by atoms with E-state index in [9.17, 15) is 10.1 Å². The topological polar surface area (TPSA) is 64.8 Å². The van der Waals surface area contributed by atoms with Gasteiger partial charge in [-0.05, 0) is 39.5 Å². The number of non-ortho nitro benzene ring substituents is 1. The van der Waals surface area contributed by atoms with Crippen molar-refractivity contribution >= 4 is 23.5 Å². The fourth-order valence-electron chi connectivity index (χ4n) is 2.97. The first-order chi connectivity index (χ1) is 10.7. The molecule has 0 aliphatic carbocycles. The maximum absolute atomic E-state index is 11.1. The van der Waals surface area contributed by atoms with Crippen molar-refractivity contribution in [1.82, 2.24) is 4.90 Å². The number of rotatable bonds is 2. The first kappa shape index (κ1) is 16.1. The van der Waals surface area contributed by atoms with E-state index in [0.717, 1.165) is 11.3 Å². The maximum atomic E-state index is 11.1. The molecule has 1 aromatic rings. The molecule has 2 heterocycles. The highest BCUT2D eigenvalue weighted by atomic mass is 32.2. The van der Waals surface area contributed by atoms with Crippen LogP contribution >= 0.6 is 11.8 Å². The zero-order chi connectivity index (χ0) is 17.0. The molecule has 0 N–H and O–H groups in total. The van der Waals surface area contributed by atoms with Gasteiger partial charge in [0.15, 0.2) is 11.5 Å². The van der Waals surface area contributed by atoms with E-state index in [0.29, 0.717) is 17.1 Å². The molecule has 1 unspecified atom stereocenters. The standard InChI is InChI=1S/C16H20N2O4S/c1-10-6-11-7-12(18(19)20)8-13(21-5)14(11)22-16(10)17(4)15(2,3)9-23-16/h6-8H,9H2,1-5H3. The minimum absolute atomic E-state index is 0.00282. The van der Waals surface area contributed by atoms with Gasteiger partial charge in [0.25, 0.3) is 5.69 Å². The molecule has 0 bridgehead atoms. The van der Waals surface area contributed by atoms with Crippen LogP contribution in [-0.2, 0) is 0 Å². The number of nitro groups is 1. The second-order valence-corrected chi connectivity index (χ2v) is 7.63. The zero-order valence-electron chi connectivity index (χ0n) is 13.9. The van der Waals surface area contributed by atoms with E-state index in [4.69, 9.17) is 9.47 Å². The Balaban J connectivity index is 2.14. The highest BCUT2D eigenvalue weighted by molar-refractivity contribution is 8.01. The number of likely N-dealkylation sites (N-methyl/N-ethyl adjacent to an activating group) is 1. The minimum Gasteiger partial charge on any atom is -0.493 e. The Hall–Kier alpha value is -1.73. The molecule has 2 aliphatic rings. The molecular formula is C16H20N2O4S. The van der Waals surface area contributed by atoms with Crippen LogP contribution in [0.5, 0.6) is 11.5 Å². The average Bonchev–Trinajstić information content (AvgIpc) is 2.72. The summed E-state index contributed by atoms with van der Waals surface area (Å²) in [4.78, 5) is 12.9. The average molecular weight is 336 g/mol. The Kier molecular flexibility index (Phi) is 3.61. The predicted molar refractivity (Wildman–Crippen MR) is 91.0 cm³/mol. The Bertz CT molecular complexity index is 716. The number of nitrogens with zero attached hydrogens (tertiary/aromatic N) is 2. The van der Waals surface area contributed by atoms with Gasteiger partial charge >= 0.3 is 0 Å². The van der Waals surface area contributed by atoms with E-state index in [-0.39, 0.29) is 11.2 Å². The van der Waals surface area contributed by atoms with Crippen LogP contribution in [-0.4, -0.2) is 40.3 Å². The molecule has 2 aliphatic heterocycles. The lowest BCUT2D eigenvalue weighted by molar-refractivity contribution is -0.385. The lowest BCUT2D eigenvalue weighted by atomic mass is 10.0. The first-order valence-electron chi connectivity index (χ1n) is 7.33. The van der Waals surface area contributed by atoms with Gasteiger partial charge in [0.05, 0.1) is 18.1 Å². The number of hydrogen-bond acceptors (Lipinski definition) is 6. The fourth-order valence-corrected chi connectivity index (χ4v) is 4.58. The number of nitro benzene ring substituents is 1. The van der Waals surface area contributed by atoms with Gasteiger partial charge in [-0.25, -0.2) is 0 Å². The third kappa shape index (κ3) is 2.30. The second kappa shape index (κ2) is 5.14. The monoisotopic (exact) mass is 336 g/mol. The van der Waals surface area contributed by atoms with Gasteiger partial charge in [-0.1, -0.05) is 11.8 Å². The Labute approximate surface area is 139 Å². The summed E-state index contributed by atoms with van der Waals surface area (Å²) in [5, 5.41) is 10.5. The molecule has 0 amide bonds. The van der Waals surface area contributed by atoms with Crippen LogP contribution in [0.15, 0.2) is 17.7 Å². The van der Waals surface area contributed by atoms with Crippen LogP contribution in [0.2, 0.25) is 0 Å². The van der Waals surface area contributed by atoms with Crippen LogP contribution in [0.4, 0.5) is 5.69 Å². The summed E-state index contributed by atoms with van der Waals surface area (Å²) in [6.45, 7) is 6.35. The molecule has 0 saturated carbocycles. The summed E-state index contributed by atoms with van der Waals surface area (Å²) in [5.41, 5.74) is 1.69. The van der Waals surface area contributed by atoms with Gasteiger partial charge < -0.3 is 9.47 Å². The smallest absolute Gasteiger partial charge is 0.274 e. The molecule has 6 nitrogen and oxygen atoms in total. The summed E-state index contributed by atoms with van der Waals surface area (Å²) in [6, 6.07) is 2.94. The summed E-state index contributed by atoms with van der Waals surface area (Å²) in [7, 11) is 3.54. The van der Waals surface area contributed by atoms with Crippen LogP contribution in [0, 0.1) is 10.1 Å². The molecule has 1 spiro atoms. The van der Waals surface area contributed by atoms with E-state index in [1.807, 2.05) is 20.0 Å². The van der Waals surface area contributed by atoms with Crippen molar-refractivity contribution in [3.63, 3.8) is 0 Å². The molecule has 1 aromatic carbocycles. The predicted octanol–water partition coefficient (Wildman–Crippen LogP) is 3.51. The minimum atomic E-state index is -0.597. The van der Waals surface area contributed by atoms with Gasteiger partial charge in [-0.15, -0.1) is 0 Å². The number of thioether (sulfide) groups is 1. The zero-order valence-corrected chi connectivity index (χ0v) is 14.7. The van der Waals surface area contributed by atoms with E-state index in [1.54, 1.807) is 11.8 Å². The molecule has 3 rings (SSSR count). The van der Waals surface area contributed by atoms with Crippen molar-refractivity contribution in [2.75, 3.05) is 19.9 Å². The van der Waals surface area contributed by atoms with Crippen LogP contribution < -0.4 is 9.47 Å². The third-order valence-electron chi connectivity index (χ3n) is 4.58. The van der Waals surface area contributed by atoms with Crippen LogP contribution in [0.1, 0.15) is 26.3 Å². The molecule has 124 valence electrons. The molecule has 7 heteroatoms. The molecule has 1 fully saturated rings.